The molecule has 1 fully saturated rings. The highest BCUT2D eigenvalue weighted by atomic mass is 32.1. The molecule has 1 amide bonds. The van der Waals surface area contributed by atoms with Gasteiger partial charge in [0.15, 0.2) is 0 Å². The zero-order chi connectivity index (χ0) is 15.5. The summed E-state index contributed by atoms with van der Waals surface area (Å²) in [4.78, 5) is 13.1. The molecule has 0 aliphatic heterocycles. The molecule has 1 aliphatic carbocycles. The molecule has 0 unspecified atom stereocenters. The highest BCUT2D eigenvalue weighted by molar-refractivity contribution is 7.80. The van der Waals surface area contributed by atoms with Gasteiger partial charge in [0.1, 0.15) is 0 Å². The van der Waals surface area contributed by atoms with Gasteiger partial charge in [0, 0.05) is 13.2 Å². The molecular formula is C15H24N4OS. The predicted octanol–water partition coefficient (Wildman–Crippen LogP) is 2.09. The SMILES string of the molecule is CCc1nn(C)cc1C(=O)NC1(C(N)=S)CCCCCC1. The summed E-state index contributed by atoms with van der Waals surface area (Å²) in [7, 11) is 1.82. The van der Waals surface area contributed by atoms with E-state index in [1.807, 2.05) is 14.0 Å². The maximum absolute atomic E-state index is 12.6. The average molecular weight is 308 g/mol. The second-order valence-electron chi connectivity index (χ2n) is 5.83. The lowest BCUT2D eigenvalue weighted by Crippen LogP contribution is -2.56. The van der Waals surface area contributed by atoms with E-state index in [1.54, 1.807) is 10.9 Å². The minimum atomic E-state index is -0.538. The van der Waals surface area contributed by atoms with E-state index in [-0.39, 0.29) is 5.91 Å². The van der Waals surface area contributed by atoms with Crippen LogP contribution in [0.3, 0.4) is 0 Å². The summed E-state index contributed by atoms with van der Waals surface area (Å²) in [6.45, 7) is 1.99. The summed E-state index contributed by atoms with van der Waals surface area (Å²) in [6, 6.07) is 0. The van der Waals surface area contributed by atoms with Crippen molar-refractivity contribution >= 4 is 23.1 Å². The van der Waals surface area contributed by atoms with Crippen molar-refractivity contribution in [3.8, 4) is 0 Å². The second kappa shape index (κ2) is 6.56. The fourth-order valence-electron chi connectivity index (χ4n) is 3.04. The first kappa shape index (κ1) is 15.9. The average Bonchev–Trinajstić information content (AvgIpc) is 2.67. The van der Waals surface area contributed by atoms with Crippen molar-refractivity contribution in [1.29, 1.82) is 0 Å². The molecule has 1 heterocycles. The van der Waals surface area contributed by atoms with Crippen LogP contribution in [0.2, 0.25) is 0 Å². The smallest absolute Gasteiger partial charge is 0.255 e. The number of nitrogens with two attached hydrogens (primary N) is 1. The molecule has 0 aromatic carbocycles. The molecule has 1 aromatic rings. The molecule has 5 nitrogen and oxygen atoms in total. The van der Waals surface area contributed by atoms with Gasteiger partial charge in [-0.1, -0.05) is 44.8 Å². The minimum absolute atomic E-state index is 0.116. The highest BCUT2D eigenvalue weighted by Gasteiger charge is 2.36. The third kappa shape index (κ3) is 3.43. The van der Waals surface area contributed by atoms with Crippen LogP contribution in [-0.2, 0) is 13.5 Å². The Balaban J connectivity index is 2.23. The van der Waals surface area contributed by atoms with Gasteiger partial charge in [-0.25, -0.2) is 0 Å². The number of aryl methyl sites for hydroxylation is 2. The van der Waals surface area contributed by atoms with Crippen molar-refractivity contribution in [1.82, 2.24) is 15.1 Å². The lowest BCUT2D eigenvalue weighted by Gasteiger charge is -2.32. The van der Waals surface area contributed by atoms with Crippen LogP contribution in [-0.4, -0.2) is 26.2 Å². The Kier molecular flexibility index (Phi) is 4.98. The maximum atomic E-state index is 12.6. The van der Waals surface area contributed by atoms with Gasteiger partial charge >= 0.3 is 0 Å². The van der Waals surface area contributed by atoms with E-state index in [4.69, 9.17) is 18.0 Å². The number of thiocarbonyl (C=S) groups is 1. The number of hydrogen-bond donors (Lipinski definition) is 2. The summed E-state index contributed by atoms with van der Waals surface area (Å²) >= 11 is 5.26. The quantitative estimate of drug-likeness (QED) is 0.660. The zero-order valence-electron chi connectivity index (χ0n) is 12.8. The second-order valence-corrected chi connectivity index (χ2v) is 6.27. The van der Waals surface area contributed by atoms with Crippen LogP contribution in [0.4, 0.5) is 0 Å². The largest absolute Gasteiger partial charge is 0.391 e. The molecule has 0 saturated heterocycles. The van der Waals surface area contributed by atoms with E-state index in [9.17, 15) is 4.79 Å². The number of carbonyl (C=O) groups is 1. The Morgan fingerprint density at radius 1 is 1.43 bits per heavy atom. The zero-order valence-corrected chi connectivity index (χ0v) is 13.6. The van der Waals surface area contributed by atoms with E-state index >= 15 is 0 Å². The minimum Gasteiger partial charge on any atom is -0.391 e. The van der Waals surface area contributed by atoms with E-state index < -0.39 is 5.54 Å². The van der Waals surface area contributed by atoms with Crippen molar-refractivity contribution in [3.63, 3.8) is 0 Å². The molecule has 116 valence electrons. The Hall–Kier alpha value is -1.43. The van der Waals surface area contributed by atoms with Crippen LogP contribution in [0.1, 0.15) is 61.5 Å². The first-order chi connectivity index (χ1) is 9.98. The summed E-state index contributed by atoms with van der Waals surface area (Å²) in [5.41, 5.74) is 6.86. The predicted molar refractivity (Wildman–Crippen MR) is 87.3 cm³/mol. The van der Waals surface area contributed by atoms with Crippen molar-refractivity contribution in [3.05, 3.63) is 17.5 Å². The van der Waals surface area contributed by atoms with Gasteiger partial charge in [0.05, 0.1) is 21.8 Å². The first-order valence-corrected chi connectivity index (χ1v) is 8.04. The van der Waals surface area contributed by atoms with Crippen molar-refractivity contribution in [2.45, 2.75) is 57.4 Å². The van der Waals surface area contributed by atoms with Gasteiger partial charge in [-0.05, 0) is 19.3 Å². The van der Waals surface area contributed by atoms with E-state index in [0.717, 1.165) is 37.8 Å². The Labute approximate surface area is 131 Å². The first-order valence-electron chi connectivity index (χ1n) is 7.63. The summed E-state index contributed by atoms with van der Waals surface area (Å²) in [5.74, 6) is -0.116. The standard InChI is InChI=1S/C15H24N4OS/c1-3-12-11(10-19(2)18-12)13(20)17-15(14(16)21)8-6-4-5-7-9-15/h10H,3-9H2,1-2H3,(H2,16,21)(H,17,20). The van der Waals surface area contributed by atoms with Crippen LogP contribution in [0.25, 0.3) is 0 Å². The molecule has 2 rings (SSSR count). The Morgan fingerprint density at radius 2 is 2.05 bits per heavy atom. The van der Waals surface area contributed by atoms with Crippen molar-refractivity contribution in [2.75, 3.05) is 0 Å². The molecule has 1 aromatic heterocycles. The number of nitrogens with zero attached hydrogens (tertiary/aromatic N) is 2. The molecule has 0 radical (unpaired) electrons. The molecule has 0 spiro atoms. The fourth-order valence-corrected chi connectivity index (χ4v) is 3.29. The van der Waals surface area contributed by atoms with Gasteiger partial charge in [0.2, 0.25) is 0 Å². The van der Waals surface area contributed by atoms with Gasteiger partial charge in [-0.3, -0.25) is 9.48 Å². The van der Waals surface area contributed by atoms with Crippen LogP contribution >= 0.6 is 12.2 Å². The topological polar surface area (TPSA) is 72.9 Å². The molecule has 0 bridgehead atoms. The van der Waals surface area contributed by atoms with Crippen LogP contribution in [0.15, 0.2) is 6.20 Å². The molecule has 0 atom stereocenters. The number of hydrogen-bond acceptors (Lipinski definition) is 3. The van der Waals surface area contributed by atoms with Crippen LogP contribution in [0.5, 0.6) is 0 Å². The normalized spacial score (nSPS) is 18.0. The molecule has 1 saturated carbocycles. The van der Waals surface area contributed by atoms with Gasteiger partial charge in [0.25, 0.3) is 5.91 Å². The Morgan fingerprint density at radius 3 is 2.57 bits per heavy atom. The highest BCUT2D eigenvalue weighted by Crippen LogP contribution is 2.28. The lowest BCUT2D eigenvalue weighted by molar-refractivity contribution is 0.0916. The molecular weight excluding hydrogens is 284 g/mol. The lowest BCUT2D eigenvalue weighted by atomic mass is 9.89. The van der Waals surface area contributed by atoms with Crippen molar-refractivity contribution < 1.29 is 4.79 Å². The number of aromatic nitrogens is 2. The molecule has 6 heteroatoms. The van der Waals surface area contributed by atoms with E-state index in [0.29, 0.717) is 10.6 Å². The number of amides is 1. The van der Waals surface area contributed by atoms with Gasteiger partial charge in [-0.15, -0.1) is 0 Å². The van der Waals surface area contributed by atoms with E-state index in [1.165, 1.54) is 12.8 Å². The summed E-state index contributed by atoms with van der Waals surface area (Å²) in [6.07, 6.45) is 8.59. The molecule has 1 aliphatic rings. The number of rotatable bonds is 4. The number of carbonyl (C=O) groups excluding carboxylic acids is 1. The molecule has 21 heavy (non-hydrogen) atoms. The summed E-state index contributed by atoms with van der Waals surface area (Å²) in [5, 5.41) is 7.44. The van der Waals surface area contributed by atoms with E-state index in [2.05, 4.69) is 10.4 Å². The monoisotopic (exact) mass is 308 g/mol. The summed E-state index contributed by atoms with van der Waals surface area (Å²) < 4.78 is 1.67. The van der Waals surface area contributed by atoms with Crippen LogP contribution in [0, 0.1) is 0 Å². The van der Waals surface area contributed by atoms with Crippen LogP contribution < -0.4 is 11.1 Å². The fraction of sp³-hybridized carbons (Fsp3) is 0.667. The molecule has 3 N–H and O–H groups in total. The Bertz CT molecular complexity index is 530. The third-order valence-corrected chi connectivity index (χ3v) is 4.66. The maximum Gasteiger partial charge on any atom is 0.255 e. The number of nitrogens with one attached hydrogen (secondary N) is 1. The van der Waals surface area contributed by atoms with Gasteiger partial charge < -0.3 is 11.1 Å². The van der Waals surface area contributed by atoms with Gasteiger partial charge in [-0.2, -0.15) is 5.10 Å². The van der Waals surface area contributed by atoms with Crippen molar-refractivity contribution in [2.24, 2.45) is 12.8 Å². The third-order valence-electron chi connectivity index (χ3n) is 4.27.